The van der Waals surface area contributed by atoms with Crippen molar-refractivity contribution in [1.82, 2.24) is 0 Å². The fourth-order valence-corrected chi connectivity index (χ4v) is 2.72. The van der Waals surface area contributed by atoms with Crippen molar-refractivity contribution in [3.05, 3.63) is 35.9 Å². The number of anilines is 1. The quantitative estimate of drug-likeness (QED) is 0.266. The smallest absolute Gasteiger partial charge is 0.360 e. The first-order chi connectivity index (χ1) is 8.95. The maximum absolute atomic E-state index is 12.2. The van der Waals surface area contributed by atoms with Gasteiger partial charge in [-0.25, -0.2) is 4.31 Å². The van der Waals surface area contributed by atoms with Crippen molar-refractivity contribution >= 4 is 26.5 Å². The number of para-hydroxylation sites is 1. The zero-order valence-corrected chi connectivity index (χ0v) is 11.0. The third kappa shape index (κ3) is 3.07. The van der Waals surface area contributed by atoms with Gasteiger partial charge in [0.2, 0.25) is 0 Å². The van der Waals surface area contributed by atoms with Crippen molar-refractivity contribution in [2.75, 3.05) is 10.8 Å². The summed E-state index contributed by atoms with van der Waals surface area (Å²) in [5, 5.41) is -0.952. The molecule has 0 N–H and O–H groups in total. The summed E-state index contributed by atoms with van der Waals surface area (Å²) in [6.45, 7) is 0.713. The Hall–Kier alpha value is -2.42. The second kappa shape index (κ2) is 5.96. The van der Waals surface area contributed by atoms with E-state index in [1.54, 1.807) is 18.2 Å². The van der Waals surface area contributed by atoms with Gasteiger partial charge in [0.05, 0.1) is 12.2 Å². The molecule has 0 aliphatic carbocycles. The highest BCUT2D eigenvalue weighted by atomic mass is 32.2. The van der Waals surface area contributed by atoms with Crippen LogP contribution in [0.5, 0.6) is 0 Å². The van der Waals surface area contributed by atoms with Gasteiger partial charge < -0.3 is 5.53 Å². The molecule has 6 nitrogen and oxygen atoms in total. The number of hydrogen-bond acceptors (Lipinski definition) is 3. The number of benzene rings is 1. The molecule has 0 aromatic heterocycles. The molecular formula is C12H11N3O3S. The molecule has 1 aromatic carbocycles. The van der Waals surface area contributed by atoms with E-state index in [0.29, 0.717) is 0 Å². The Kier molecular flexibility index (Phi) is 4.59. The topological polar surface area (TPSA) is 90.8 Å². The van der Waals surface area contributed by atoms with Crippen molar-refractivity contribution in [2.24, 2.45) is 0 Å². The summed E-state index contributed by atoms with van der Waals surface area (Å²) >= 11 is 0. The summed E-state index contributed by atoms with van der Waals surface area (Å²) in [6, 6.07) is 7.99. The third-order valence-corrected chi connectivity index (χ3v) is 3.98. The van der Waals surface area contributed by atoms with Gasteiger partial charge in [0.25, 0.3) is 5.78 Å². The van der Waals surface area contributed by atoms with Gasteiger partial charge in [0.1, 0.15) is 0 Å². The van der Waals surface area contributed by atoms with E-state index in [4.69, 9.17) is 12.0 Å². The minimum Gasteiger partial charge on any atom is -0.360 e. The summed E-state index contributed by atoms with van der Waals surface area (Å²) in [5.41, 5.74) is 8.99. The number of Topliss-reactive ketones (excluding diaryl/α,β-unsaturated/α-hetero) is 1. The lowest BCUT2D eigenvalue weighted by atomic mass is 10.3. The van der Waals surface area contributed by atoms with E-state index in [-0.39, 0.29) is 12.2 Å². The van der Waals surface area contributed by atoms with Gasteiger partial charge in [0, 0.05) is 6.92 Å². The predicted molar refractivity (Wildman–Crippen MR) is 70.8 cm³/mol. The maximum Gasteiger partial charge on any atom is 0.466 e. The molecule has 19 heavy (non-hydrogen) atoms. The molecule has 1 rings (SSSR count). The highest BCUT2D eigenvalue weighted by Gasteiger charge is 2.38. The molecule has 0 aliphatic rings. The summed E-state index contributed by atoms with van der Waals surface area (Å²) in [5.74, 6) is 1.31. The molecule has 0 atom stereocenters. The Balaban J connectivity index is 3.40. The fraction of sp³-hybridized carbons (Fsp3) is 0.167. The SMILES string of the molecule is C#CCN(c1ccccc1)S(=O)(=O)C(=[N+]=[N-])C(C)=O. The number of ketones is 1. The predicted octanol–water partition coefficient (Wildman–Crippen LogP) is 0.673. The van der Waals surface area contributed by atoms with E-state index in [1.807, 2.05) is 0 Å². The molecule has 1 aromatic rings. The largest absolute Gasteiger partial charge is 0.466 e. The Bertz CT molecular complexity index is 668. The van der Waals surface area contributed by atoms with Gasteiger partial charge in [0.15, 0.2) is 0 Å². The average molecular weight is 277 g/mol. The Labute approximate surface area is 111 Å². The minimum absolute atomic E-state index is 0.279. The molecule has 0 saturated carbocycles. The molecule has 0 radical (unpaired) electrons. The van der Waals surface area contributed by atoms with Crippen LogP contribution in [0, 0.1) is 12.3 Å². The van der Waals surface area contributed by atoms with Crippen molar-refractivity contribution < 1.29 is 18.0 Å². The van der Waals surface area contributed by atoms with Gasteiger partial charge in [-0.3, -0.25) is 4.79 Å². The van der Waals surface area contributed by atoms with Crippen LogP contribution in [0.25, 0.3) is 5.53 Å². The zero-order chi connectivity index (χ0) is 14.5. The highest BCUT2D eigenvalue weighted by Crippen LogP contribution is 2.18. The third-order valence-electron chi connectivity index (χ3n) is 2.21. The summed E-state index contributed by atoms with van der Waals surface area (Å²) in [4.78, 5) is 13.8. The minimum atomic E-state index is -4.29. The van der Waals surface area contributed by atoms with E-state index in [2.05, 4.69) is 10.7 Å². The van der Waals surface area contributed by atoms with Crippen molar-refractivity contribution in [3.63, 3.8) is 0 Å². The molecule has 0 saturated heterocycles. The summed E-state index contributed by atoms with van der Waals surface area (Å²) in [6.07, 6.45) is 5.14. The number of hydrogen-bond donors (Lipinski definition) is 0. The normalized spacial score (nSPS) is 10.1. The van der Waals surface area contributed by atoms with Crippen LogP contribution in [0.15, 0.2) is 30.3 Å². The number of carbonyl (C=O) groups is 1. The molecule has 98 valence electrons. The second-order valence-corrected chi connectivity index (χ2v) is 5.29. The number of nitrogens with zero attached hydrogens (tertiary/aromatic N) is 3. The Morgan fingerprint density at radius 1 is 1.42 bits per heavy atom. The van der Waals surface area contributed by atoms with Gasteiger partial charge in [-0.15, -0.1) is 11.2 Å². The number of carbonyl (C=O) groups excluding carboxylic acids is 1. The van der Waals surface area contributed by atoms with Crippen LogP contribution in [0.2, 0.25) is 0 Å². The molecule has 7 heteroatoms. The van der Waals surface area contributed by atoms with Gasteiger partial charge >= 0.3 is 15.1 Å². The van der Waals surface area contributed by atoms with Gasteiger partial charge in [-0.05, 0) is 12.1 Å². The van der Waals surface area contributed by atoms with E-state index in [1.165, 1.54) is 12.1 Å². The van der Waals surface area contributed by atoms with E-state index in [0.717, 1.165) is 11.2 Å². The van der Waals surface area contributed by atoms with Crippen LogP contribution in [0.3, 0.4) is 0 Å². The van der Waals surface area contributed by atoms with Crippen molar-refractivity contribution in [1.29, 1.82) is 0 Å². The first-order valence-corrected chi connectivity index (χ1v) is 6.63. The molecule has 0 fully saturated rings. The zero-order valence-electron chi connectivity index (χ0n) is 10.1. The van der Waals surface area contributed by atoms with Crippen LogP contribution in [-0.4, -0.2) is 30.6 Å². The van der Waals surface area contributed by atoms with Crippen LogP contribution >= 0.6 is 0 Å². The van der Waals surface area contributed by atoms with Gasteiger partial charge in [-0.2, -0.15) is 8.42 Å². The Morgan fingerprint density at radius 3 is 2.42 bits per heavy atom. The molecule has 0 spiro atoms. The lowest BCUT2D eigenvalue weighted by Gasteiger charge is -2.18. The van der Waals surface area contributed by atoms with Crippen LogP contribution in [0.1, 0.15) is 6.92 Å². The lowest BCUT2D eigenvalue weighted by molar-refractivity contribution is -0.114. The van der Waals surface area contributed by atoms with E-state index in [9.17, 15) is 13.2 Å². The number of sulfonamides is 1. The van der Waals surface area contributed by atoms with Crippen LogP contribution in [-0.2, 0) is 14.8 Å². The maximum atomic E-state index is 12.2. The molecule has 0 heterocycles. The number of rotatable bonds is 4. The first-order valence-electron chi connectivity index (χ1n) is 5.19. The highest BCUT2D eigenvalue weighted by molar-refractivity contribution is 8.09. The molecule has 0 bridgehead atoms. The average Bonchev–Trinajstić information content (AvgIpc) is 2.36. The summed E-state index contributed by atoms with van der Waals surface area (Å²) < 4.78 is 25.2. The van der Waals surface area contributed by atoms with E-state index < -0.39 is 20.9 Å². The number of terminal acetylenes is 1. The molecule has 0 amide bonds. The molecule has 0 unspecified atom stereocenters. The lowest BCUT2D eigenvalue weighted by Crippen LogP contribution is -2.40. The van der Waals surface area contributed by atoms with Crippen LogP contribution < -0.4 is 4.31 Å². The standard InChI is InChI=1S/C12H11N3O3S/c1-3-9-15(11-7-5-4-6-8-11)19(17,18)12(14-13)10(2)16/h1,4-8H,9H2,2H3. The van der Waals surface area contributed by atoms with Crippen LogP contribution in [0.4, 0.5) is 5.69 Å². The fourth-order valence-electron chi connectivity index (χ4n) is 1.40. The van der Waals surface area contributed by atoms with Gasteiger partial charge in [-0.1, -0.05) is 24.1 Å². The second-order valence-electron chi connectivity index (χ2n) is 3.51. The van der Waals surface area contributed by atoms with Crippen molar-refractivity contribution in [3.8, 4) is 12.3 Å². The monoisotopic (exact) mass is 277 g/mol. The van der Waals surface area contributed by atoms with Crippen molar-refractivity contribution in [2.45, 2.75) is 6.92 Å². The van der Waals surface area contributed by atoms with E-state index >= 15 is 0 Å². The Morgan fingerprint density at radius 2 is 2.00 bits per heavy atom. The molecular weight excluding hydrogens is 266 g/mol. The first kappa shape index (κ1) is 14.6. The summed E-state index contributed by atoms with van der Waals surface area (Å²) in [7, 11) is -4.29. The molecule has 0 aliphatic heterocycles.